The highest BCUT2D eigenvalue weighted by Crippen LogP contribution is 2.25. The zero-order valence-corrected chi connectivity index (χ0v) is 14.4. The molecule has 0 bridgehead atoms. The molecule has 1 aliphatic heterocycles. The van der Waals surface area contributed by atoms with E-state index in [4.69, 9.17) is 0 Å². The van der Waals surface area contributed by atoms with Crippen LogP contribution in [0.25, 0.3) is 5.65 Å². The van der Waals surface area contributed by atoms with Gasteiger partial charge >= 0.3 is 0 Å². The molecule has 25 heavy (non-hydrogen) atoms. The Hall–Kier alpha value is -2.54. The zero-order chi connectivity index (χ0) is 17.4. The van der Waals surface area contributed by atoms with Crippen LogP contribution in [0.5, 0.6) is 0 Å². The number of hydrogen-bond donors (Lipinski definition) is 0. The minimum absolute atomic E-state index is 0.0684. The highest BCUT2D eigenvalue weighted by Gasteiger charge is 2.24. The van der Waals surface area contributed by atoms with E-state index >= 15 is 0 Å². The van der Waals surface area contributed by atoms with Crippen LogP contribution in [0.1, 0.15) is 24.4 Å². The van der Waals surface area contributed by atoms with Crippen LogP contribution in [0, 0.1) is 12.7 Å². The highest BCUT2D eigenvalue weighted by atomic mass is 19.1. The summed E-state index contributed by atoms with van der Waals surface area (Å²) in [6.07, 6.45) is 0. The molecule has 1 unspecified atom stereocenters. The van der Waals surface area contributed by atoms with E-state index < -0.39 is 0 Å². The summed E-state index contributed by atoms with van der Waals surface area (Å²) >= 11 is 0. The van der Waals surface area contributed by atoms with Gasteiger partial charge in [-0.3, -0.25) is 4.90 Å². The molecule has 7 heteroatoms. The van der Waals surface area contributed by atoms with Gasteiger partial charge in [0.15, 0.2) is 11.5 Å². The monoisotopic (exact) mass is 340 g/mol. The summed E-state index contributed by atoms with van der Waals surface area (Å²) in [5.74, 6) is 1.57. The third-order valence-electron chi connectivity index (χ3n) is 4.95. The number of aromatic nitrogens is 4. The molecule has 6 nitrogen and oxygen atoms in total. The van der Waals surface area contributed by atoms with Crippen molar-refractivity contribution >= 4 is 11.5 Å². The first-order valence-corrected chi connectivity index (χ1v) is 8.56. The van der Waals surface area contributed by atoms with Crippen LogP contribution in [-0.2, 0) is 0 Å². The molecule has 3 heterocycles. The Kier molecular flexibility index (Phi) is 4.09. The third-order valence-corrected chi connectivity index (χ3v) is 4.95. The number of halogens is 1. The summed E-state index contributed by atoms with van der Waals surface area (Å²) in [6, 6.07) is 11.0. The molecule has 0 aliphatic carbocycles. The average molecular weight is 340 g/mol. The fraction of sp³-hybridized carbons (Fsp3) is 0.389. The normalized spacial score (nSPS) is 17.2. The highest BCUT2D eigenvalue weighted by molar-refractivity contribution is 5.46. The Morgan fingerprint density at radius 3 is 2.52 bits per heavy atom. The first-order valence-electron chi connectivity index (χ1n) is 8.56. The van der Waals surface area contributed by atoms with Crippen LogP contribution in [0.4, 0.5) is 10.2 Å². The molecule has 0 N–H and O–H groups in total. The van der Waals surface area contributed by atoms with Crippen molar-refractivity contribution in [3.63, 3.8) is 0 Å². The molecule has 0 amide bonds. The summed E-state index contributed by atoms with van der Waals surface area (Å²) < 4.78 is 15.8. The lowest BCUT2D eigenvalue weighted by Gasteiger charge is -2.38. The van der Waals surface area contributed by atoms with Gasteiger partial charge in [-0.15, -0.1) is 15.3 Å². The number of nitrogens with zero attached hydrogens (tertiary/aromatic N) is 6. The van der Waals surface area contributed by atoms with Gasteiger partial charge in [-0.25, -0.2) is 4.39 Å². The van der Waals surface area contributed by atoms with E-state index in [-0.39, 0.29) is 11.9 Å². The molecule has 0 spiro atoms. The van der Waals surface area contributed by atoms with Crippen molar-refractivity contribution in [1.82, 2.24) is 24.7 Å². The van der Waals surface area contributed by atoms with Crippen LogP contribution < -0.4 is 4.90 Å². The molecule has 0 saturated carbocycles. The van der Waals surface area contributed by atoms with Crippen LogP contribution >= 0.6 is 0 Å². The number of benzene rings is 1. The quantitative estimate of drug-likeness (QED) is 0.733. The van der Waals surface area contributed by atoms with E-state index in [1.165, 1.54) is 6.07 Å². The number of hydrogen-bond acceptors (Lipinski definition) is 5. The molecule has 2 aromatic heterocycles. The fourth-order valence-electron chi connectivity index (χ4n) is 3.40. The molecule has 1 atom stereocenters. The van der Waals surface area contributed by atoms with Crippen molar-refractivity contribution < 1.29 is 4.39 Å². The predicted octanol–water partition coefficient (Wildman–Crippen LogP) is 2.46. The van der Waals surface area contributed by atoms with Gasteiger partial charge < -0.3 is 4.90 Å². The van der Waals surface area contributed by atoms with E-state index in [0.29, 0.717) is 0 Å². The molecular formula is C18H21FN6. The SMILES string of the molecule is Cc1nnc2ccc(N3CCN(C(C)c4ccccc4F)CC3)nn12. The standard InChI is InChI=1S/C18H21FN6/c1-13(15-5-3-4-6-16(15)19)23-9-11-24(12-10-23)18-8-7-17-21-20-14(2)25(17)22-18/h3-8,13H,9-12H2,1-2H3. The Bertz CT molecular complexity index is 884. The van der Waals surface area contributed by atoms with E-state index in [9.17, 15) is 4.39 Å². The Balaban J connectivity index is 1.47. The lowest BCUT2D eigenvalue weighted by Crippen LogP contribution is -2.47. The minimum atomic E-state index is -0.132. The molecular weight excluding hydrogens is 319 g/mol. The lowest BCUT2D eigenvalue weighted by atomic mass is 10.1. The van der Waals surface area contributed by atoms with Crippen molar-refractivity contribution in [2.45, 2.75) is 19.9 Å². The van der Waals surface area contributed by atoms with Crippen LogP contribution in [0.3, 0.4) is 0 Å². The molecule has 3 aromatic rings. The lowest BCUT2D eigenvalue weighted by molar-refractivity contribution is 0.194. The van der Waals surface area contributed by atoms with Gasteiger partial charge in [0.25, 0.3) is 0 Å². The largest absolute Gasteiger partial charge is 0.353 e. The van der Waals surface area contributed by atoms with Gasteiger partial charge in [-0.1, -0.05) is 18.2 Å². The van der Waals surface area contributed by atoms with Gasteiger partial charge in [0, 0.05) is 37.8 Å². The molecule has 1 aliphatic rings. The van der Waals surface area contributed by atoms with Gasteiger partial charge in [-0.2, -0.15) is 4.52 Å². The summed E-state index contributed by atoms with van der Waals surface area (Å²) in [5.41, 5.74) is 1.52. The number of anilines is 1. The molecule has 4 rings (SSSR count). The number of piperazine rings is 1. The van der Waals surface area contributed by atoms with E-state index in [2.05, 4.69) is 32.0 Å². The van der Waals surface area contributed by atoms with E-state index in [1.807, 2.05) is 31.2 Å². The first-order chi connectivity index (χ1) is 12.1. The molecule has 0 radical (unpaired) electrons. The second-order valence-electron chi connectivity index (χ2n) is 6.43. The average Bonchev–Trinajstić information content (AvgIpc) is 3.02. The molecule has 1 aromatic carbocycles. The van der Waals surface area contributed by atoms with E-state index in [0.717, 1.165) is 49.0 Å². The third kappa shape index (κ3) is 2.95. The maximum Gasteiger partial charge on any atom is 0.178 e. The molecule has 130 valence electrons. The summed E-state index contributed by atoms with van der Waals surface area (Å²) in [5, 5.41) is 12.8. The zero-order valence-electron chi connectivity index (χ0n) is 14.4. The minimum Gasteiger partial charge on any atom is -0.353 e. The molecule has 1 fully saturated rings. The number of aryl methyl sites for hydroxylation is 1. The van der Waals surface area contributed by atoms with E-state index in [1.54, 1.807) is 10.6 Å². The summed E-state index contributed by atoms with van der Waals surface area (Å²) in [7, 11) is 0. The van der Waals surface area contributed by atoms with Gasteiger partial charge in [-0.05, 0) is 32.0 Å². The second kappa shape index (κ2) is 6.40. The number of rotatable bonds is 3. The predicted molar refractivity (Wildman–Crippen MR) is 94.1 cm³/mol. The van der Waals surface area contributed by atoms with Crippen molar-refractivity contribution in [3.05, 3.63) is 53.6 Å². The van der Waals surface area contributed by atoms with Crippen molar-refractivity contribution in [2.24, 2.45) is 0 Å². The van der Waals surface area contributed by atoms with Crippen LogP contribution in [0.15, 0.2) is 36.4 Å². The fourth-order valence-corrected chi connectivity index (χ4v) is 3.40. The Labute approximate surface area is 145 Å². The van der Waals surface area contributed by atoms with Crippen molar-refractivity contribution in [1.29, 1.82) is 0 Å². The van der Waals surface area contributed by atoms with Crippen LogP contribution in [-0.4, -0.2) is 50.9 Å². The maximum atomic E-state index is 14.0. The van der Waals surface area contributed by atoms with Gasteiger partial charge in [0.1, 0.15) is 11.6 Å². The number of fused-ring (bicyclic) bond motifs is 1. The van der Waals surface area contributed by atoms with Crippen molar-refractivity contribution in [3.8, 4) is 0 Å². The molecule has 1 saturated heterocycles. The van der Waals surface area contributed by atoms with Gasteiger partial charge in [0.2, 0.25) is 0 Å². The van der Waals surface area contributed by atoms with Crippen molar-refractivity contribution in [2.75, 3.05) is 31.1 Å². The van der Waals surface area contributed by atoms with Gasteiger partial charge in [0.05, 0.1) is 0 Å². The van der Waals surface area contributed by atoms with Crippen LogP contribution in [0.2, 0.25) is 0 Å². The summed E-state index contributed by atoms with van der Waals surface area (Å²) in [4.78, 5) is 4.57. The first kappa shape index (κ1) is 16.0. The summed E-state index contributed by atoms with van der Waals surface area (Å²) in [6.45, 7) is 7.42. The smallest absolute Gasteiger partial charge is 0.178 e. The Morgan fingerprint density at radius 1 is 1.00 bits per heavy atom. The maximum absolute atomic E-state index is 14.0. The second-order valence-corrected chi connectivity index (χ2v) is 6.43. The Morgan fingerprint density at radius 2 is 1.76 bits per heavy atom. The topological polar surface area (TPSA) is 49.6 Å².